The molecule has 2 atom stereocenters. The standard InChI is InChI=1S/C20H26N2O6.C7H16O2.C2H6.CH4O.CH2O/c1-26-7-8-28-10-9-27-6-4-21-15-11-14-3-2-5-22-13-17(20(24)25)19(23)16(12-15)18(14)22;1-4-6(3)9-7(8)5-2;3*1-2/h11-13,21H,2-10H2,1H3,(H,24,25);6-8H,4-5H2,1-3H3;1-2H3;2H,1H3;1H2. The molecule has 1 aromatic carbocycles. The molecule has 0 saturated carbocycles. The summed E-state index contributed by atoms with van der Waals surface area (Å²) in [5.74, 6) is -1.19. The molecule has 12 heteroatoms. The molecule has 43 heavy (non-hydrogen) atoms. The van der Waals surface area contributed by atoms with Gasteiger partial charge in [0.2, 0.25) is 5.43 Å². The highest BCUT2D eigenvalue weighted by atomic mass is 16.6. The topological polar surface area (TPSA) is 166 Å². The number of hydrogen-bond donors (Lipinski definition) is 4. The van der Waals surface area contributed by atoms with E-state index < -0.39 is 17.7 Å². The Bertz CT molecular complexity index is 1050. The first-order valence-corrected chi connectivity index (χ1v) is 14.7. The summed E-state index contributed by atoms with van der Waals surface area (Å²) < 4.78 is 22.7. The molecule has 3 rings (SSSR count). The van der Waals surface area contributed by atoms with E-state index in [0.29, 0.717) is 51.4 Å². The SMILES string of the molecule is C=O.CC.CCC(C)OC(O)CC.CO.COCCOCCOCCNc1cc2c3c(c1)c(=O)c(C(=O)O)cn3CCC2. The Morgan fingerprint density at radius 2 is 1.65 bits per heavy atom. The lowest BCUT2D eigenvalue weighted by molar-refractivity contribution is -0.131. The molecule has 0 fully saturated rings. The van der Waals surface area contributed by atoms with Crippen molar-refractivity contribution in [2.75, 3.05) is 59.1 Å². The van der Waals surface area contributed by atoms with Gasteiger partial charge in [0.25, 0.3) is 0 Å². The van der Waals surface area contributed by atoms with Crippen molar-refractivity contribution >= 4 is 29.3 Å². The van der Waals surface area contributed by atoms with Crippen LogP contribution in [0.1, 0.15) is 69.8 Å². The third-order valence-corrected chi connectivity index (χ3v) is 6.02. The first kappa shape index (κ1) is 42.3. The molecule has 0 spiro atoms. The molecule has 0 aliphatic carbocycles. The van der Waals surface area contributed by atoms with Gasteiger partial charge in [0.05, 0.1) is 44.7 Å². The van der Waals surface area contributed by atoms with Crippen molar-refractivity contribution in [3.63, 3.8) is 0 Å². The van der Waals surface area contributed by atoms with Crippen molar-refractivity contribution in [3.8, 4) is 0 Å². The van der Waals surface area contributed by atoms with E-state index in [4.69, 9.17) is 34.0 Å². The average molecular weight is 615 g/mol. The van der Waals surface area contributed by atoms with E-state index in [2.05, 4.69) is 5.32 Å². The summed E-state index contributed by atoms with van der Waals surface area (Å²) in [6.07, 6.45) is 4.49. The Kier molecular flexibility index (Phi) is 26.3. The van der Waals surface area contributed by atoms with Crippen LogP contribution in [0.2, 0.25) is 0 Å². The van der Waals surface area contributed by atoms with Crippen LogP contribution in [-0.2, 0) is 36.7 Å². The molecule has 4 N–H and O–H groups in total. The lowest BCUT2D eigenvalue weighted by atomic mass is 9.98. The molecule has 1 aliphatic rings. The second-order valence-corrected chi connectivity index (χ2v) is 8.87. The van der Waals surface area contributed by atoms with Crippen LogP contribution in [0.15, 0.2) is 23.1 Å². The number of aromatic nitrogens is 1. The van der Waals surface area contributed by atoms with Gasteiger partial charge in [-0.05, 0) is 50.3 Å². The molecule has 12 nitrogen and oxygen atoms in total. The minimum absolute atomic E-state index is 0.181. The highest BCUT2D eigenvalue weighted by Crippen LogP contribution is 2.27. The summed E-state index contributed by atoms with van der Waals surface area (Å²) in [6.45, 7) is 15.8. The van der Waals surface area contributed by atoms with E-state index in [1.54, 1.807) is 13.2 Å². The van der Waals surface area contributed by atoms with Gasteiger partial charge in [-0.3, -0.25) is 4.79 Å². The third-order valence-electron chi connectivity index (χ3n) is 6.02. The summed E-state index contributed by atoms with van der Waals surface area (Å²) in [4.78, 5) is 32.0. The number of methoxy groups -OCH3 is 1. The highest BCUT2D eigenvalue weighted by molar-refractivity contribution is 5.94. The van der Waals surface area contributed by atoms with Crippen LogP contribution in [-0.4, -0.2) is 98.8 Å². The maximum atomic E-state index is 12.6. The molecular weight excluding hydrogens is 560 g/mol. The lowest BCUT2D eigenvalue weighted by Crippen LogP contribution is -2.22. The lowest BCUT2D eigenvalue weighted by Gasteiger charge is -2.21. The number of carbonyl (C=O) groups is 2. The Morgan fingerprint density at radius 3 is 2.21 bits per heavy atom. The van der Waals surface area contributed by atoms with Crippen molar-refractivity contribution in [3.05, 3.63) is 39.7 Å². The maximum Gasteiger partial charge on any atom is 0.341 e. The van der Waals surface area contributed by atoms with E-state index in [1.807, 2.05) is 52.0 Å². The van der Waals surface area contributed by atoms with Gasteiger partial charge in [-0.2, -0.15) is 0 Å². The van der Waals surface area contributed by atoms with Gasteiger partial charge in [-0.1, -0.05) is 27.7 Å². The van der Waals surface area contributed by atoms with Crippen LogP contribution in [0.5, 0.6) is 0 Å². The molecule has 248 valence electrons. The fourth-order valence-corrected chi connectivity index (χ4v) is 3.88. The van der Waals surface area contributed by atoms with Gasteiger partial charge in [-0.15, -0.1) is 0 Å². The largest absolute Gasteiger partial charge is 0.477 e. The number of rotatable bonds is 15. The predicted octanol–water partition coefficient (Wildman–Crippen LogP) is 3.72. The maximum absolute atomic E-state index is 12.6. The van der Waals surface area contributed by atoms with Crippen molar-refractivity contribution < 1.29 is 43.9 Å². The Balaban J connectivity index is 0. The number of aliphatic hydroxyl groups is 2. The second-order valence-electron chi connectivity index (χ2n) is 8.87. The molecule has 1 aliphatic heterocycles. The number of nitrogens with one attached hydrogen (secondary N) is 1. The van der Waals surface area contributed by atoms with Crippen LogP contribution in [0, 0.1) is 0 Å². The van der Waals surface area contributed by atoms with Crippen LogP contribution < -0.4 is 10.7 Å². The molecule has 2 heterocycles. The number of hydrogen-bond acceptors (Lipinski definition) is 10. The highest BCUT2D eigenvalue weighted by Gasteiger charge is 2.20. The summed E-state index contributed by atoms with van der Waals surface area (Å²) in [5.41, 5.74) is 2.09. The zero-order chi connectivity index (χ0) is 33.2. The Morgan fingerprint density at radius 1 is 1.05 bits per heavy atom. The number of aliphatic hydroxyl groups excluding tert-OH is 2. The van der Waals surface area contributed by atoms with Crippen LogP contribution in [0.3, 0.4) is 0 Å². The number of nitrogens with zero attached hydrogens (tertiary/aromatic N) is 1. The van der Waals surface area contributed by atoms with Gasteiger partial charge in [-0.25, -0.2) is 4.79 Å². The van der Waals surface area contributed by atoms with Crippen molar-refractivity contribution in [2.24, 2.45) is 0 Å². The molecule has 0 saturated heterocycles. The number of carbonyl (C=O) groups excluding carboxylic acids is 1. The number of pyridine rings is 1. The zero-order valence-electron chi connectivity index (χ0n) is 27.0. The number of ether oxygens (including phenoxy) is 4. The fourth-order valence-electron chi connectivity index (χ4n) is 3.88. The van der Waals surface area contributed by atoms with E-state index in [0.717, 1.165) is 49.7 Å². The van der Waals surface area contributed by atoms with Gasteiger partial charge in [0.15, 0.2) is 6.29 Å². The minimum atomic E-state index is -1.19. The van der Waals surface area contributed by atoms with Crippen LogP contribution in [0.25, 0.3) is 10.9 Å². The molecule has 1 aromatic heterocycles. The number of carboxylic acid groups (broad SMARTS) is 1. The molecule has 0 radical (unpaired) electrons. The number of aryl methyl sites for hydroxylation is 2. The number of aromatic carboxylic acids is 1. The fraction of sp³-hybridized carbons (Fsp3) is 0.645. The Labute approximate surface area is 255 Å². The predicted molar refractivity (Wildman–Crippen MR) is 169 cm³/mol. The summed E-state index contributed by atoms with van der Waals surface area (Å²) in [6, 6.07) is 3.77. The molecular formula is C31H54N2O10. The number of anilines is 1. The zero-order valence-corrected chi connectivity index (χ0v) is 27.0. The third kappa shape index (κ3) is 16.0. The molecule has 2 unspecified atom stereocenters. The molecule has 0 bridgehead atoms. The van der Waals surface area contributed by atoms with Gasteiger partial charge < -0.3 is 48.9 Å². The quantitative estimate of drug-likeness (QED) is 0.171. The summed E-state index contributed by atoms with van der Waals surface area (Å²) in [5, 5.41) is 29.0. The average Bonchev–Trinajstić information content (AvgIpc) is 3.04. The van der Waals surface area contributed by atoms with Crippen LogP contribution >= 0.6 is 0 Å². The van der Waals surface area contributed by atoms with Crippen LogP contribution in [0.4, 0.5) is 5.69 Å². The summed E-state index contributed by atoms with van der Waals surface area (Å²) >= 11 is 0. The van der Waals surface area contributed by atoms with E-state index in [1.165, 1.54) is 6.20 Å². The van der Waals surface area contributed by atoms with E-state index in [9.17, 15) is 14.7 Å². The first-order valence-electron chi connectivity index (χ1n) is 14.7. The Hall–Kier alpha value is -2.87. The van der Waals surface area contributed by atoms with Crippen molar-refractivity contribution in [1.82, 2.24) is 4.57 Å². The number of benzene rings is 1. The monoisotopic (exact) mass is 614 g/mol. The second kappa shape index (κ2) is 26.7. The summed E-state index contributed by atoms with van der Waals surface area (Å²) in [7, 11) is 2.63. The minimum Gasteiger partial charge on any atom is -0.477 e. The normalized spacial score (nSPS) is 12.5. The van der Waals surface area contributed by atoms with Crippen molar-refractivity contribution in [1.29, 1.82) is 0 Å². The smallest absolute Gasteiger partial charge is 0.341 e. The van der Waals surface area contributed by atoms with Gasteiger partial charge in [0, 0.05) is 44.6 Å². The number of carboxylic acids is 1. The van der Waals surface area contributed by atoms with E-state index in [-0.39, 0.29) is 11.7 Å². The molecule has 2 aromatic rings. The molecule has 0 amide bonds. The van der Waals surface area contributed by atoms with Gasteiger partial charge >= 0.3 is 5.97 Å². The van der Waals surface area contributed by atoms with Crippen molar-refractivity contribution in [2.45, 2.75) is 79.2 Å². The first-order chi connectivity index (χ1) is 20.8. The van der Waals surface area contributed by atoms with Gasteiger partial charge in [0.1, 0.15) is 12.4 Å². The van der Waals surface area contributed by atoms with E-state index >= 15 is 0 Å².